The minimum absolute atomic E-state index is 0.0266. The number of benzene rings is 1. The summed E-state index contributed by atoms with van der Waals surface area (Å²) in [5.41, 5.74) is 0.113. The molecule has 1 aromatic carbocycles. The van der Waals surface area contributed by atoms with E-state index in [1.54, 1.807) is 12.2 Å². The molecule has 1 N–H and O–H groups in total. The van der Waals surface area contributed by atoms with Crippen LogP contribution in [-0.4, -0.2) is 17.4 Å². The summed E-state index contributed by atoms with van der Waals surface area (Å²) < 4.78 is 6.67. The lowest BCUT2D eigenvalue weighted by Crippen LogP contribution is -2.22. The molecule has 24 heavy (non-hydrogen) atoms. The molecule has 2 aromatic rings. The van der Waals surface area contributed by atoms with Crippen molar-refractivity contribution in [2.24, 2.45) is 5.41 Å². The largest absolute Gasteiger partial charge is 0.489 e. The van der Waals surface area contributed by atoms with E-state index in [4.69, 9.17) is 4.74 Å². The third-order valence-corrected chi connectivity index (χ3v) is 4.21. The summed E-state index contributed by atoms with van der Waals surface area (Å²) in [5, 5.41) is 0. The number of hydrogen-bond donors (Lipinski definition) is 1. The minimum atomic E-state index is -0.476. The van der Waals surface area contributed by atoms with E-state index < -0.39 is 5.41 Å². The predicted molar refractivity (Wildman–Crippen MR) is 98.8 cm³/mol. The molecule has 4 nitrogen and oxygen atoms in total. The lowest BCUT2D eigenvalue weighted by atomic mass is 9.91. The first-order valence-electron chi connectivity index (χ1n) is 7.61. The van der Waals surface area contributed by atoms with Crippen LogP contribution in [-0.2, 0) is 4.79 Å². The molecular formula is C19H21NO3S. The Kier molecular flexibility index (Phi) is 5.57. The Bertz CT molecular complexity index is 913. The zero-order valence-electron chi connectivity index (χ0n) is 14.1. The first-order valence-corrected chi connectivity index (χ1v) is 8.42. The summed E-state index contributed by atoms with van der Waals surface area (Å²) in [6.45, 7) is 9.56. The number of nitrogens with one attached hydrogen (secondary N) is 1. The van der Waals surface area contributed by atoms with Gasteiger partial charge in [0.2, 0.25) is 0 Å². The molecule has 0 fully saturated rings. The maximum atomic E-state index is 12.1. The Morgan fingerprint density at radius 1 is 1.33 bits per heavy atom. The van der Waals surface area contributed by atoms with Gasteiger partial charge in [-0.15, -0.1) is 11.3 Å². The highest BCUT2D eigenvalue weighted by molar-refractivity contribution is 7.07. The van der Waals surface area contributed by atoms with E-state index in [1.165, 1.54) is 17.4 Å². The van der Waals surface area contributed by atoms with Crippen LogP contribution in [0.5, 0.6) is 5.75 Å². The average Bonchev–Trinajstić information content (AvgIpc) is 2.85. The number of para-hydroxylation sites is 1. The summed E-state index contributed by atoms with van der Waals surface area (Å²) in [4.78, 5) is 26.9. The van der Waals surface area contributed by atoms with E-state index in [2.05, 4.69) is 11.6 Å². The second kappa shape index (κ2) is 7.45. The van der Waals surface area contributed by atoms with Crippen molar-refractivity contribution in [3.63, 3.8) is 0 Å². The highest BCUT2D eigenvalue weighted by atomic mass is 32.1. The zero-order chi connectivity index (χ0) is 17.7. The van der Waals surface area contributed by atoms with Gasteiger partial charge in [0.25, 0.3) is 5.56 Å². The summed E-state index contributed by atoms with van der Waals surface area (Å²) in [6.07, 6.45) is 4.92. The number of ether oxygens (including phenoxy) is 1. The van der Waals surface area contributed by atoms with Crippen LogP contribution in [0.15, 0.2) is 41.7 Å². The van der Waals surface area contributed by atoms with Crippen LogP contribution in [0.4, 0.5) is 0 Å². The van der Waals surface area contributed by atoms with Gasteiger partial charge in [0, 0.05) is 17.1 Å². The fraction of sp³-hybridized carbons (Fsp3) is 0.263. The number of aromatic nitrogens is 1. The third-order valence-electron chi connectivity index (χ3n) is 3.24. The lowest BCUT2D eigenvalue weighted by Gasteiger charge is -2.12. The molecule has 0 amide bonds. The maximum Gasteiger partial charge on any atom is 0.266 e. The molecule has 0 saturated heterocycles. The minimum Gasteiger partial charge on any atom is -0.489 e. The van der Waals surface area contributed by atoms with Crippen molar-refractivity contribution in [1.29, 1.82) is 0 Å². The first-order chi connectivity index (χ1) is 11.3. The first kappa shape index (κ1) is 17.9. The van der Waals surface area contributed by atoms with Crippen LogP contribution >= 0.6 is 11.3 Å². The molecule has 0 bridgehead atoms. The predicted octanol–water partition coefficient (Wildman–Crippen LogP) is 2.23. The number of H-pyrrole nitrogens is 1. The molecule has 5 heteroatoms. The van der Waals surface area contributed by atoms with E-state index in [0.29, 0.717) is 21.6 Å². The van der Waals surface area contributed by atoms with Crippen molar-refractivity contribution in [2.75, 3.05) is 6.61 Å². The molecule has 0 saturated carbocycles. The van der Waals surface area contributed by atoms with Crippen molar-refractivity contribution in [2.45, 2.75) is 20.8 Å². The lowest BCUT2D eigenvalue weighted by molar-refractivity contribution is -0.119. The van der Waals surface area contributed by atoms with E-state index in [9.17, 15) is 9.59 Å². The van der Waals surface area contributed by atoms with Crippen molar-refractivity contribution in [3.05, 3.63) is 62.0 Å². The van der Waals surface area contributed by atoms with Gasteiger partial charge in [0.05, 0.1) is 9.20 Å². The molecule has 0 aliphatic heterocycles. The van der Waals surface area contributed by atoms with Gasteiger partial charge in [0.15, 0.2) is 5.78 Å². The summed E-state index contributed by atoms with van der Waals surface area (Å²) in [5.74, 6) is 0.655. The molecule has 0 aliphatic rings. The Hall–Kier alpha value is -2.40. The third kappa shape index (κ3) is 4.55. The number of thiazole rings is 1. The van der Waals surface area contributed by atoms with Crippen LogP contribution in [0.2, 0.25) is 0 Å². The molecule has 1 heterocycles. The molecule has 1 aromatic heterocycles. The van der Waals surface area contributed by atoms with Crippen LogP contribution < -0.4 is 19.5 Å². The molecule has 0 spiro atoms. The van der Waals surface area contributed by atoms with Crippen molar-refractivity contribution >= 4 is 29.3 Å². The maximum absolute atomic E-state index is 12.1. The highest BCUT2D eigenvalue weighted by Crippen LogP contribution is 2.18. The smallest absolute Gasteiger partial charge is 0.266 e. The van der Waals surface area contributed by atoms with Gasteiger partial charge in [-0.1, -0.05) is 51.6 Å². The molecule has 2 rings (SSSR count). The fourth-order valence-corrected chi connectivity index (χ4v) is 2.76. The van der Waals surface area contributed by atoms with Gasteiger partial charge in [-0.05, 0) is 12.1 Å². The number of aromatic amines is 1. The number of rotatable bonds is 5. The Morgan fingerprint density at radius 3 is 2.71 bits per heavy atom. The van der Waals surface area contributed by atoms with Gasteiger partial charge < -0.3 is 9.72 Å². The number of carbonyl (C=O) groups is 1. The number of Topliss-reactive ketones (excluding diaryl/α,β-unsaturated/α-hetero) is 1. The second-order valence-electron chi connectivity index (χ2n) is 6.33. The van der Waals surface area contributed by atoms with E-state index in [-0.39, 0.29) is 11.3 Å². The van der Waals surface area contributed by atoms with Crippen LogP contribution in [0.1, 0.15) is 26.3 Å². The van der Waals surface area contributed by atoms with Crippen molar-refractivity contribution < 1.29 is 9.53 Å². The summed E-state index contributed by atoms with van der Waals surface area (Å²) in [6, 6.07) is 7.47. The van der Waals surface area contributed by atoms with E-state index in [0.717, 1.165) is 5.56 Å². The normalized spacial score (nSPS) is 13.1. The van der Waals surface area contributed by atoms with Gasteiger partial charge in [0.1, 0.15) is 12.4 Å². The Balaban J connectivity index is 2.46. The monoisotopic (exact) mass is 343 g/mol. The van der Waals surface area contributed by atoms with E-state index >= 15 is 0 Å². The fourth-order valence-electron chi connectivity index (χ4n) is 1.88. The van der Waals surface area contributed by atoms with Crippen LogP contribution in [0.25, 0.3) is 12.2 Å². The average molecular weight is 343 g/mol. The molecule has 0 aliphatic carbocycles. The number of carbonyl (C=O) groups excluding carboxylic acids is 1. The molecule has 0 radical (unpaired) electrons. The second-order valence-corrected chi connectivity index (χ2v) is 7.41. The zero-order valence-corrected chi connectivity index (χ0v) is 14.9. The Morgan fingerprint density at radius 2 is 2.04 bits per heavy atom. The number of hydrogen-bond acceptors (Lipinski definition) is 4. The molecule has 0 atom stereocenters. The van der Waals surface area contributed by atoms with Gasteiger partial charge >= 0.3 is 0 Å². The van der Waals surface area contributed by atoms with Gasteiger partial charge in [-0.3, -0.25) is 9.59 Å². The number of ketones is 1. The summed E-state index contributed by atoms with van der Waals surface area (Å²) in [7, 11) is 0. The van der Waals surface area contributed by atoms with Crippen LogP contribution in [0.3, 0.4) is 0 Å². The van der Waals surface area contributed by atoms with Crippen LogP contribution in [0, 0.1) is 5.41 Å². The topological polar surface area (TPSA) is 59.2 Å². The van der Waals surface area contributed by atoms with Gasteiger partial charge in [-0.2, -0.15) is 0 Å². The molecule has 0 unspecified atom stereocenters. The van der Waals surface area contributed by atoms with Crippen molar-refractivity contribution in [3.8, 4) is 5.75 Å². The molecular weight excluding hydrogens is 322 g/mol. The van der Waals surface area contributed by atoms with Gasteiger partial charge in [-0.25, -0.2) is 0 Å². The SMILES string of the molecule is C=CCOc1ccccc1/C=c1/s/c(=C/C(=O)C(C)(C)C)[nH]c1=O. The highest BCUT2D eigenvalue weighted by Gasteiger charge is 2.18. The van der Waals surface area contributed by atoms with E-state index in [1.807, 2.05) is 45.0 Å². The standard InChI is InChI=1S/C19H21NO3S/c1-5-10-23-14-9-7-6-8-13(14)11-15-18(22)20-17(24-15)12-16(21)19(2,3)4/h5-9,11-12H,1,10H2,2-4H3,(H,20,22)/b15-11+,17-12+. The molecule has 126 valence electrons. The quantitative estimate of drug-likeness (QED) is 0.847. The van der Waals surface area contributed by atoms with Crippen molar-refractivity contribution in [1.82, 2.24) is 4.98 Å². The Labute approximate surface area is 144 Å². The summed E-state index contributed by atoms with van der Waals surface area (Å²) >= 11 is 1.26.